The third-order valence-corrected chi connectivity index (χ3v) is 10.9. The van der Waals surface area contributed by atoms with Crippen LogP contribution in [0.5, 0.6) is 0 Å². The van der Waals surface area contributed by atoms with Crippen LogP contribution in [0.25, 0.3) is 90.3 Å². The number of fused-ring (bicyclic) bond motifs is 11. The fraction of sp³-hybridized carbons (Fsp3) is 0. The van der Waals surface area contributed by atoms with Crippen LogP contribution in [0.4, 0.5) is 0 Å². The molecule has 0 fully saturated rings. The van der Waals surface area contributed by atoms with Crippen LogP contribution in [-0.2, 0) is 0 Å². The summed E-state index contributed by atoms with van der Waals surface area (Å²) in [5, 5.41) is 8.53. The smallest absolute Gasteiger partial charge is 0.235 e. The fourth-order valence-corrected chi connectivity index (χ4v) is 9.02. The minimum Gasteiger partial charge on any atom is -0.277 e. The van der Waals surface area contributed by atoms with Crippen molar-refractivity contribution in [1.29, 1.82) is 0 Å². The van der Waals surface area contributed by atoms with E-state index in [9.17, 15) is 0 Å². The Morgan fingerprint density at radius 2 is 1.19 bits per heavy atom. The Labute approximate surface area is 253 Å². The zero-order valence-electron chi connectivity index (χ0n) is 22.8. The molecule has 0 spiro atoms. The van der Waals surface area contributed by atoms with Gasteiger partial charge in [-0.2, -0.15) is 0 Å². The highest BCUT2D eigenvalue weighted by atomic mass is 32.1. The molecule has 0 bridgehead atoms. The van der Waals surface area contributed by atoms with Crippen LogP contribution in [0.2, 0.25) is 0 Å². The molecular weight excluding hydrogens is 563 g/mol. The van der Waals surface area contributed by atoms with Gasteiger partial charge in [-0.1, -0.05) is 103 Å². The van der Waals surface area contributed by atoms with Gasteiger partial charge in [-0.05, 0) is 35.0 Å². The summed E-state index contributed by atoms with van der Waals surface area (Å²) in [5.74, 6) is 0.702. The summed E-state index contributed by atoms with van der Waals surface area (Å²) in [6, 6.07) is 45.6. The van der Waals surface area contributed by atoms with Crippen molar-refractivity contribution in [3.05, 3.63) is 127 Å². The zero-order chi connectivity index (χ0) is 28.1. The summed E-state index contributed by atoms with van der Waals surface area (Å²) in [7, 11) is 0. The van der Waals surface area contributed by atoms with E-state index >= 15 is 0 Å². The lowest BCUT2D eigenvalue weighted by atomic mass is 10.0. The van der Waals surface area contributed by atoms with Crippen LogP contribution in [-0.4, -0.2) is 14.5 Å². The lowest BCUT2D eigenvalue weighted by Crippen LogP contribution is -2.03. The molecule has 0 saturated carbocycles. The Bertz CT molecular complexity index is 2740. The number of benzene rings is 6. The predicted octanol–water partition coefficient (Wildman–Crippen LogP) is 11.1. The van der Waals surface area contributed by atoms with E-state index in [2.05, 4.69) is 132 Å². The number of aromatic nitrogens is 3. The van der Waals surface area contributed by atoms with Gasteiger partial charge in [-0.3, -0.25) is 4.57 Å². The van der Waals surface area contributed by atoms with Crippen LogP contribution in [0.1, 0.15) is 0 Å². The van der Waals surface area contributed by atoms with Crippen LogP contribution in [0.3, 0.4) is 0 Å². The number of rotatable bonds is 2. The molecule has 0 aliphatic carbocycles. The Morgan fingerprint density at radius 1 is 0.488 bits per heavy atom. The molecule has 0 unspecified atom stereocenters. The summed E-state index contributed by atoms with van der Waals surface area (Å²) < 4.78 is 7.21. The van der Waals surface area contributed by atoms with E-state index in [-0.39, 0.29) is 0 Å². The molecule has 5 heteroatoms. The minimum absolute atomic E-state index is 0.702. The normalized spacial score (nSPS) is 12.2. The van der Waals surface area contributed by atoms with Gasteiger partial charge in [0.1, 0.15) is 0 Å². The van der Waals surface area contributed by atoms with Gasteiger partial charge in [0.2, 0.25) is 5.95 Å². The highest BCUT2D eigenvalue weighted by Gasteiger charge is 2.22. The molecule has 43 heavy (non-hydrogen) atoms. The SMILES string of the molecule is c1ccc2c(-c3nc(-n4c5ccccc5c5ccc6sc7ccccc7c6c54)nc4c3sc3ccccc34)cccc2c1. The molecule has 4 aromatic heterocycles. The Kier molecular flexibility index (Phi) is 4.75. The molecule has 4 heterocycles. The maximum Gasteiger partial charge on any atom is 0.235 e. The van der Waals surface area contributed by atoms with E-state index in [0.717, 1.165) is 27.0 Å². The second-order valence-electron chi connectivity index (χ2n) is 11.0. The van der Waals surface area contributed by atoms with Gasteiger partial charge in [-0.25, -0.2) is 9.97 Å². The van der Waals surface area contributed by atoms with Gasteiger partial charge in [0, 0.05) is 46.6 Å². The molecule has 3 nitrogen and oxygen atoms in total. The largest absolute Gasteiger partial charge is 0.277 e. The molecular formula is C38H21N3S2. The number of nitrogens with zero attached hydrogens (tertiary/aromatic N) is 3. The average molecular weight is 584 g/mol. The third-order valence-electron chi connectivity index (χ3n) is 8.63. The van der Waals surface area contributed by atoms with Gasteiger partial charge >= 0.3 is 0 Å². The molecule has 0 amide bonds. The summed E-state index contributed by atoms with van der Waals surface area (Å²) in [6.45, 7) is 0. The van der Waals surface area contributed by atoms with Gasteiger partial charge in [0.05, 0.1) is 26.9 Å². The van der Waals surface area contributed by atoms with Gasteiger partial charge in [0.15, 0.2) is 0 Å². The molecule has 6 aromatic carbocycles. The predicted molar refractivity (Wildman–Crippen MR) is 185 cm³/mol. The van der Waals surface area contributed by atoms with Gasteiger partial charge in [0.25, 0.3) is 0 Å². The highest BCUT2D eigenvalue weighted by molar-refractivity contribution is 7.26. The summed E-state index contributed by atoms with van der Waals surface area (Å²) in [5.41, 5.74) is 5.39. The summed E-state index contributed by atoms with van der Waals surface area (Å²) >= 11 is 3.62. The van der Waals surface area contributed by atoms with Gasteiger partial charge in [-0.15, -0.1) is 22.7 Å². The number of hydrogen-bond acceptors (Lipinski definition) is 4. The number of thiophene rings is 2. The van der Waals surface area contributed by atoms with Crippen LogP contribution < -0.4 is 0 Å². The lowest BCUT2D eigenvalue weighted by molar-refractivity contribution is 1.02. The maximum atomic E-state index is 5.50. The summed E-state index contributed by atoms with van der Waals surface area (Å²) in [6.07, 6.45) is 0. The van der Waals surface area contributed by atoms with E-state index in [0.29, 0.717) is 5.95 Å². The van der Waals surface area contributed by atoms with E-state index in [4.69, 9.17) is 9.97 Å². The van der Waals surface area contributed by atoms with Crippen molar-refractivity contribution in [3.63, 3.8) is 0 Å². The molecule has 0 aliphatic heterocycles. The lowest BCUT2D eigenvalue weighted by Gasteiger charge is -2.12. The van der Waals surface area contributed by atoms with Gasteiger partial charge < -0.3 is 0 Å². The van der Waals surface area contributed by atoms with Crippen LogP contribution >= 0.6 is 22.7 Å². The zero-order valence-corrected chi connectivity index (χ0v) is 24.4. The number of para-hydroxylation sites is 1. The monoisotopic (exact) mass is 583 g/mol. The van der Waals surface area contributed by atoms with Crippen molar-refractivity contribution < 1.29 is 0 Å². The molecule has 10 aromatic rings. The first kappa shape index (κ1) is 23.5. The maximum absolute atomic E-state index is 5.50. The highest BCUT2D eigenvalue weighted by Crippen LogP contribution is 2.44. The van der Waals surface area contributed by atoms with Crippen molar-refractivity contribution in [2.75, 3.05) is 0 Å². The quantitative estimate of drug-likeness (QED) is 0.203. The molecule has 10 rings (SSSR count). The Balaban J connectivity index is 1.43. The van der Waals surface area contributed by atoms with Crippen molar-refractivity contribution in [2.45, 2.75) is 0 Å². The summed E-state index contributed by atoms with van der Waals surface area (Å²) in [4.78, 5) is 10.9. The second kappa shape index (κ2) is 8.71. The van der Waals surface area contributed by atoms with E-state index in [1.807, 2.05) is 11.3 Å². The van der Waals surface area contributed by atoms with Crippen molar-refractivity contribution in [1.82, 2.24) is 14.5 Å². The number of hydrogen-bond donors (Lipinski definition) is 0. The molecule has 0 atom stereocenters. The molecule has 200 valence electrons. The van der Waals surface area contributed by atoms with Crippen molar-refractivity contribution in [2.24, 2.45) is 0 Å². The molecule has 0 radical (unpaired) electrons. The van der Waals surface area contributed by atoms with Crippen LogP contribution in [0.15, 0.2) is 127 Å². The van der Waals surface area contributed by atoms with E-state index < -0.39 is 0 Å². The van der Waals surface area contributed by atoms with E-state index in [1.165, 1.54) is 57.3 Å². The molecule has 0 aliphatic rings. The standard InChI is InChI=1S/C38H21N3S2/c1-2-12-23-22(10-1)11-9-16-25(23)34-37-35(28-15-5-8-19-31(28)43-37)40-38(39-34)41-29-17-6-3-13-24(29)26-20-21-32-33(36(26)41)27-14-4-7-18-30(27)42-32/h1-21H. The van der Waals surface area contributed by atoms with Crippen molar-refractivity contribution >= 4 is 95.7 Å². The first-order valence-corrected chi connectivity index (χ1v) is 16.0. The fourth-order valence-electron chi connectivity index (χ4n) is 6.77. The first-order chi connectivity index (χ1) is 21.3. The van der Waals surface area contributed by atoms with Crippen molar-refractivity contribution in [3.8, 4) is 17.2 Å². The van der Waals surface area contributed by atoms with E-state index in [1.54, 1.807) is 11.3 Å². The average Bonchev–Trinajstić information content (AvgIpc) is 3.73. The molecule has 0 saturated heterocycles. The Morgan fingerprint density at radius 3 is 2.07 bits per heavy atom. The Hall–Kier alpha value is -5.10. The third kappa shape index (κ3) is 3.23. The molecule has 0 N–H and O–H groups in total. The van der Waals surface area contributed by atoms with Crippen LogP contribution in [0, 0.1) is 0 Å². The first-order valence-electron chi connectivity index (χ1n) is 14.3. The minimum atomic E-state index is 0.702. The topological polar surface area (TPSA) is 30.7 Å². The second-order valence-corrected chi connectivity index (χ2v) is 13.1.